The first-order chi connectivity index (χ1) is 17.5. The number of anilines is 1. The molecule has 0 bridgehead atoms. The first kappa shape index (κ1) is 21.7. The molecule has 4 heterocycles. The lowest BCUT2D eigenvalue weighted by molar-refractivity contribution is 0.533. The molecule has 1 aliphatic carbocycles. The Bertz CT molecular complexity index is 1640. The van der Waals surface area contributed by atoms with Crippen LogP contribution in [-0.4, -0.2) is 49.6 Å². The average Bonchev–Trinajstić information content (AvgIpc) is 3.13. The average molecular weight is 503 g/mol. The van der Waals surface area contributed by atoms with Crippen molar-refractivity contribution < 1.29 is 4.39 Å². The van der Waals surface area contributed by atoms with Gasteiger partial charge >= 0.3 is 0 Å². The Labute approximate surface area is 211 Å². The van der Waals surface area contributed by atoms with Crippen molar-refractivity contribution in [1.29, 1.82) is 0 Å². The van der Waals surface area contributed by atoms with Crippen LogP contribution in [0.4, 0.5) is 10.2 Å². The molecule has 8 nitrogen and oxygen atoms in total. The van der Waals surface area contributed by atoms with Crippen molar-refractivity contribution >= 4 is 39.5 Å². The standard InChI is InChI=1S/C26H24ClFN8/c1-35-24-14(10-31-35)6-7-15(21(24)27)22-23-25(34-33-22)32-20(11-30-23)36-9-8-16-18(12-36)26(16,13-29)17-4-2-3-5-19(17)28/h2-7,10-11,16,18H,8-9,12-13,29H2,1H3,(H,32,33,34)/t16-,18+,26-/m1/s1. The van der Waals surface area contributed by atoms with Crippen molar-refractivity contribution in [3.8, 4) is 11.3 Å². The highest BCUT2D eigenvalue weighted by Gasteiger charge is 2.66. The minimum atomic E-state index is -0.307. The van der Waals surface area contributed by atoms with Crippen LogP contribution >= 0.6 is 11.6 Å². The van der Waals surface area contributed by atoms with E-state index in [1.807, 2.05) is 31.3 Å². The van der Waals surface area contributed by atoms with Gasteiger partial charge in [0.2, 0.25) is 5.65 Å². The van der Waals surface area contributed by atoms with Crippen LogP contribution in [0.1, 0.15) is 12.0 Å². The van der Waals surface area contributed by atoms with Crippen molar-refractivity contribution in [1.82, 2.24) is 29.9 Å². The van der Waals surface area contributed by atoms with Crippen molar-refractivity contribution in [3.63, 3.8) is 0 Å². The number of fused-ring (bicyclic) bond motifs is 3. The van der Waals surface area contributed by atoms with Gasteiger partial charge in [-0.1, -0.05) is 41.9 Å². The third-order valence-electron chi connectivity index (χ3n) is 8.23. The number of aromatic amines is 1. The Morgan fingerprint density at radius 2 is 2.06 bits per heavy atom. The number of nitrogens with one attached hydrogen (secondary N) is 1. The van der Waals surface area contributed by atoms with E-state index in [1.54, 1.807) is 23.1 Å². The zero-order chi connectivity index (χ0) is 24.6. The number of halogens is 2. The number of benzene rings is 2. The van der Waals surface area contributed by atoms with Crippen LogP contribution in [0.2, 0.25) is 5.02 Å². The molecule has 10 heteroatoms. The fourth-order valence-electron chi connectivity index (χ4n) is 6.37. The van der Waals surface area contributed by atoms with E-state index in [4.69, 9.17) is 27.3 Å². The number of nitrogens with two attached hydrogens (primary N) is 1. The second kappa shape index (κ2) is 7.72. The van der Waals surface area contributed by atoms with Gasteiger partial charge in [0, 0.05) is 43.0 Å². The monoisotopic (exact) mass is 502 g/mol. The van der Waals surface area contributed by atoms with Gasteiger partial charge in [-0.25, -0.2) is 14.4 Å². The maximum absolute atomic E-state index is 14.7. The van der Waals surface area contributed by atoms with Crippen molar-refractivity contribution in [2.45, 2.75) is 11.8 Å². The van der Waals surface area contributed by atoms with E-state index in [0.29, 0.717) is 28.6 Å². The minimum Gasteiger partial charge on any atom is -0.355 e. The van der Waals surface area contributed by atoms with E-state index in [-0.39, 0.29) is 17.2 Å². The Balaban J connectivity index is 1.20. The predicted molar refractivity (Wildman–Crippen MR) is 137 cm³/mol. The smallest absolute Gasteiger partial charge is 0.202 e. The summed E-state index contributed by atoms with van der Waals surface area (Å²) in [5.41, 5.74) is 10.2. The predicted octanol–water partition coefficient (Wildman–Crippen LogP) is 4.05. The largest absolute Gasteiger partial charge is 0.355 e. The second-order valence-corrected chi connectivity index (χ2v) is 10.2. The van der Waals surface area contributed by atoms with Gasteiger partial charge in [0.25, 0.3) is 0 Å². The maximum Gasteiger partial charge on any atom is 0.202 e. The topological polar surface area (TPSA) is 102 Å². The number of H-pyrrole nitrogens is 1. The minimum absolute atomic E-state index is 0.169. The summed E-state index contributed by atoms with van der Waals surface area (Å²) in [6, 6.07) is 11.0. The number of aromatic nitrogens is 6. The number of hydrogen-bond acceptors (Lipinski definition) is 6. The Hall–Kier alpha value is -3.56. The lowest BCUT2D eigenvalue weighted by Gasteiger charge is -2.26. The zero-order valence-corrected chi connectivity index (χ0v) is 20.4. The van der Waals surface area contributed by atoms with Crippen molar-refractivity contribution in [2.75, 3.05) is 24.5 Å². The van der Waals surface area contributed by atoms with Gasteiger partial charge in [-0.3, -0.25) is 9.78 Å². The molecule has 7 rings (SSSR count). The Morgan fingerprint density at radius 3 is 2.89 bits per heavy atom. The van der Waals surface area contributed by atoms with Gasteiger partial charge in [0.15, 0.2) is 0 Å². The maximum atomic E-state index is 14.7. The summed E-state index contributed by atoms with van der Waals surface area (Å²) in [6.45, 7) is 2.01. The van der Waals surface area contributed by atoms with Gasteiger partial charge in [0.05, 0.1) is 28.6 Å². The lowest BCUT2D eigenvalue weighted by atomic mass is 9.91. The molecule has 2 aromatic carbocycles. The number of aryl methyl sites for hydroxylation is 1. The van der Waals surface area contributed by atoms with Crippen LogP contribution in [0.15, 0.2) is 48.8 Å². The number of rotatable bonds is 4. The summed E-state index contributed by atoms with van der Waals surface area (Å²) >= 11 is 6.75. The summed E-state index contributed by atoms with van der Waals surface area (Å²) in [5, 5.41) is 13.4. The van der Waals surface area contributed by atoms with Gasteiger partial charge in [0.1, 0.15) is 17.2 Å². The van der Waals surface area contributed by atoms with Gasteiger partial charge in [-0.05, 0) is 29.9 Å². The normalized spacial score (nSPS) is 23.4. The molecule has 0 unspecified atom stereocenters. The molecule has 5 aromatic rings. The Morgan fingerprint density at radius 1 is 1.19 bits per heavy atom. The van der Waals surface area contributed by atoms with Crippen LogP contribution in [0.25, 0.3) is 33.3 Å². The first-order valence-corrected chi connectivity index (χ1v) is 12.4. The first-order valence-electron chi connectivity index (χ1n) is 12.0. The number of piperidine rings is 1. The fraction of sp³-hybridized carbons (Fsp3) is 0.308. The summed E-state index contributed by atoms with van der Waals surface area (Å²) in [6.07, 6.45) is 4.51. The molecule has 2 aliphatic rings. The third kappa shape index (κ3) is 2.90. The van der Waals surface area contributed by atoms with E-state index in [0.717, 1.165) is 53.1 Å². The molecule has 36 heavy (non-hydrogen) atoms. The van der Waals surface area contributed by atoms with E-state index in [1.165, 1.54) is 6.07 Å². The lowest BCUT2D eigenvalue weighted by Crippen LogP contribution is -2.32. The van der Waals surface area contributed by atoms with Crippen LogP contribution in [0.5, 0.6) is 0 Å². The molecule has 3 aromatic heterocycles. The number of hydrogen-bond donors (Lipinski definition) is 2. The summed E-state index contributed by atoms with van der Waals surface area (Å²) in [5.74, 6) is 1.26. The fourth-order valence-corrected chi connectivity index (χ4v) is 6.76. The van der Waals surface area contributed by atoms with Crippen molar-refractivity contribution in [2.24, 2.45) is 24.6 Å². The SMILES string of the molecule is Cn1ncc2ccc(-c3[nH]nc4nc(N5CC[C@@H]6[C@H](C5)[C@@]6(CN)c5ccccc5F)cnc34)c(Cl)c21. The molecular weight excluding hydrogens is 479 g/mol. The van der Waals surface area contributed by atoms with Crippen LogP contribution < -0.4 is 10.6 Å². The zero-order valence-electron chi connectivity index (χ0n) is 19.6. The quantitative estimate of drug-likeness (QED) is 0.384. The molecule has 182 valence electrons. The molecule has 0 amide bonds. The van der Waals surface area contributed by atoms with E-state index >= 15 is 0 Å². The summed E-state index contributed by atoms with van der Waals surface area (Å²) < 4.78 is 16.4. The van der Waals surface area contributed by atoms with E-state index in [9.17, 15) is 4.39 Å². The highest BCUT2D eigenvalue weighted by molar-refractivity contribution is 6.38. The summed E-state index contributed by atoms with van der Waals surface area (Å²) in [7, 11) is 1.86. The third-order valence-corrected chi connectivity index (χ3v) is 8.61. The van der Waals surface area contributed by atoms with Crippen LogP contribution in [0, 0.1) is 17.7 Å². The molecule has 2 fully saturated rings. The van der Waals surface area contributed by atoms with Gasteiger partial charge in [-0.2, -0.15) is 10.2 Å². The van der Waals surface area contributed by atoms with Gasteiger partial charge in [-0.15, -0.1) is 0 Å². The second-order valence-electron chi connectivity index (χ2n) is 9.80. The summed E-state index contributed by atoms with van der Waals surface area (Å²) in [4.78, 5) is 11.8. The van der Waals surface area contributed by atoms with E-state index in [2.05, 4.69) is 20.2 Å². The molecule has 3 atom stereocenters. The molecule has 3 N–H and O–H groups in total. The molecule has 1 aliphatic heterocycles. The molecule has 1 saturated carbocycles. The van der Waals surface area contributed by atoms with Crippen LogP contribution in [0.3, 0.4) is 0 Å². The van der Waals surface area contributed by atoms with Crippen molar-refractivity contribution in [3.05, 3.63) is 65.2 Å². The molecule has 1 saturated heterocycles. The molecular formula is C26H24ClFN8. The number of nitrogens with zero attached hydrogens (tertiary/aromatic N) is 6. The highest BCUT2D eigenvalue weighted by Crippen LogP contribution is 2.63. The Kier molecular flexibility index (Phi) is 4.65. The van der Waals surface area contributed by atoms with Gasteiger partial charge < -0.3 is 10.6 Å². The molecule has 0 spiro atoms. The van der Waals surface area contributed by atoms with Crippen LogP contribution in [-0.2, 0) is 12.5 Å². The molecule has 0 radical (unpaired) electrons. The van der Waals surface area contributed by atoms with E-state index < -0.39 is 0 Å². The highest BCUT2D eigenvalue weighted by atomic mass is 35.5.